The lowest BCUT2D eigenvalue weighted by Crippen LogP contribution is -2.40. The van der Waals surface area contributed by atoms with Gasteiger partial charge < -0.3 is 5.32 Å². The molecule has 1 aromatic heterocycles. The average Bonchev–Trinajstić information content (AvgIpc) is 2.38. The molecule has 0 spiro atoms. The quantitative estimate of drug-likeness (QED) is 0.762. The van der Waals surface area contributed by atoms with Crippen LogP contribution in [0.5, 0.6) is 0 Å². The van der Waals surface area contributed by atoms with E-state index in [0.29, 0.717) is 6.42 Å². The largest absolute Gasteiger partial charge is 0.358 e. The van der Waals surface area contributed by atoms with Crippen molar-refractivity contribution in [3.63, 3.8) is 0 Å². The van der Waals surface area contributed by atoms with E-state index in [-0.39, 0.29) is 29.2 Å². The SMILES string of the molecule is CCCN(CC(=O)NC)S(=O)(=O)c1cnc(Cl)nc1. The molecule has 0 unspecified atom stereocenters. The summed E-state index contributed by atoms with van der Waals surface area (Å²) in [5.41, 5.74) is 0. The van der Waals surface area contributed by atoms with Crippen LogP contribution in [0.25, 0.3) is 0 Å². The van der Waals surface area contributed by atoms with Crippen LogP contribution in [0.3, 0.4) is 0 Å². The molecule has 0 aliphatic heterocycles. The second-order valence-corrected chi connectivity index (χ2v) is 5.98. The molecule has 1 rings (SSSR count). The van der Waals surface area contributed by atoms with E-state index in [0.717, 1.165) is 16.7 Å². The first-order chi connectivity index (χ1) is 8.91. The molecular formula is C10H15ClN4O3S. The Labute approximate surface area is 117 Å². The third-order valence-corrected chi connectivity index (χ3v) is 4.30. The van der Waals surface area contributed by atoms with Gasteiger partial charge in [0.15, 0.2) is 0 Å². The fraction of sp³-hybridized carbons (Fsp3) is 0.500. The predicted octanol–water partition coefficient (Wildman–Crippen LogP) is 0.277. The number of nitrogens with one attached hydrogen (secondary N) is 1. The number of halogens is 1. The molecule has 1 heterocycles. The monoisotopic (exact) mass is 306 g/mol. The van der Waals surface area contributed by atoms with Gasteiger partial charge in [0.2, 0.25) is 21.2 Å². The van der Waals surface area contributed by atoms with Crippen LogP contribution in [0.1, 0.15) is 13.3 Å². The number of rotatable bonds is 6. The van der Waals surface area contributed by atoms with Crippen LogP contribution in [0, 0.1) is 0 Å². The van der Waals surface area contributed by atoms with Gasteiger partial charge in [-0.05, 0) is 18.0 Å². The van der Waals surface area contributed by atoms with E-state index >= 15 is 0 Å². The second kappa shape index (κ2) is 6.78. The molecule has 7 nitrogen and oxygen atoms in total. The lowest BCUT2D eigenvalue weighted by atomic mass is 10.4. The van der Waals surface area contributed by atoms with Crippen molar-refractivity contribution in [1.29, 1.82) is 0 Å². The highest BCUT2D eigenvalue weighted by Gasteiger charge is 2.26. The molecule has 0 radical (unpaired) electrons. The van der Waals surface area contributed by atoms with E-state index in [1.54, 1.807) is 0 Å². The molecule has 19 heavy (non-hydrogen) atoms. The summed E-state index contributed by atoms with van der Waals surface area (Å²) in [5, 5.41) is 2.35. The third-order valence-electron chi connectivity index (χ3n) is 2.31. The highest BCUT2D eigenvalue weighted by molar-refractivity contribution is 7.89. The maximum atomic E-state index is 12.3. The van der Waals surface area contributed by atoms with Crippen molar-refractivity contribution in [3.05, 3.63) is 17.7 Å². The van der Waals surface area contributed by atoms with Gasteiger partial charge in [0.1, 0.15) is 4.90 Å². The topological polar surface area (TPSA) is 92.3 Å². The fourth-order valence-electron chi connectivity index (χ4n) is 1.36. The number of carbonyl (C=O) groups excluding carboxylic acids is 1. The first-order valence-electron chi connectivity index (χ1n) is 5.60. The number of sulfonamides is 1. The number of hydrogen-bond acceptors (Lipinski definition) is 5. The van der Waals surface area contributed by atoms with Gasteiger partial charge in [0.25, 0.3) is 0 Å². The van der Waals surface area contributed by atoms with Gasteiger partial charge in [-0.1, -0.05) is 6.92 Å². The molecule has 1 N–H and O–H groups in total. The van der Waals surface area contributed by atoms with Gasteiger partial charge in [-0.25, -0.2) is 18.4 Å². The minimum absolute atomic E-state index is 0.0349. The molecule has 9 heteroatoms. The van der Waals surface area contributed by atoms with Crippen LogP contribution in [0.4, 0.5) is 0 Å². The number of hydrogen-bond donors (Lipinski definition) is 1. The van der Waals surface area contributed by atoms with Gasteiger partial charge in [-0.3, -0.25) is 4.79 Å². The van der Waals surface area contributed by atoms with Crippen LogP contribution in [0.15, 0.2) is 17.3 Å². The lowest BCUT2D eigenvalue weighted by molar-refractivity contribution is -0.120. The Kier molecular flexibility index (Phi) is 5.64. The van der Waals surface area contributed by atoms with E-state index < -0.39 is 10.0 Å². The maximum Gasteiger partial charge on any atom is 0.246 e. The fourth-order valence-corrected chi connectivity index (χ4v) is 2.83. The van der Waals surface area contributed by atoms with Gasteiger partial charge in [0.05, 0.1) is 18.9 Å². The Bertz CT molecular complexity index is 532. The summed E-state index contributed by atoms with van der Waals surface area (Å²) in [6, 6.07) is 0. The minimum Gasteiger partial charge on any atom is -0.358 e. The van der Waals surface area contributed by atoms with Crippen molar-refractivity contribution in [2.24, 2.45) is 0 Å². The summed E-state index contributed by atoms with van der Waals surface area (Å²) in [4.78, 5) is 18.5. The molecule has 0 fully saturated rings. The van der Waals surface area contributed by atoms with Crippen molar-refractivity contribution in [3.8, 4) is 0 Å². The molecule has 0 aromatic carbocycles. The van der Waals surface area contributed by atoms with Crippen LogP contribution < -0.4 is 5.32 Å². The van der Waals surface area contributed by atoms with Gasteiger partial charge in [0, 0.05) is 13.6 Å². The molecule has 0 aliphatic carbocycles. The van der Waals surface area contributed by atoms with Gasteiger partial charge >= 0.3 is 0 Å². The normalized spacial score (nSPS) is 11.6. The minimum atomic E-state index is -3.80. The maximum absolute atomic E-state index is 12.3. The smallest absolute Gasteiger partial charge is 0.246 e. The molecule has 1 aromatic rings. The summed E-state index contributed by atoms with van der Waals surface area (Å²) in [6.45, 7) is 1.82. The number of nitrogens with zero attached hydrogens (tertiary/aromatic N) is 3. The molecule has 0 saturated heterocycles. The molecule has 0 bridgehead atoms. The van der Waals surface area contributed by atoms with E-state index in [2.05, 4.69) is 15.3 Å². The summed E-state index contributed by atoms with van der Waals surface area (Å²) >= 11 is 5.51. The summed E-state index contributed by atoms with van der Waals surface area (Å²) < 4.78 is 25.7. The highest BCUT2D eigenvalue weighted by Crippen LogP contribution is 2.14. The molecular weight excluding hydrogens is 292 g/mol. The standard InChI is InChI=1S/C10H15ClN4O3S/c1-3-4-15(7-9(16)12-2)19(17,18)8-5-13-10(11)14-6-8/h5-6H,3-4,7H2,1-2H3,(H,12,16). The Morgan fingerprint density at radius 3 is 2.47 bits per heavy atom. The number of amides is 1. The zero-order valence-corrected chi connectivity index (χ0v) is 12.2. The molecule has 0 atom stereocenters. The zero-order chi connectivity index (χ0) is 14.5. The van der Waals surface area contributed by atoms with E-state index in [1.165, 1.54) is 7.05 Å². The molecule has 0 aliphatic rings. The van der Waals surface area contributed by atoms with Crippen molar-refractivity contribution in [2.45, 2.75) is 18.2 Å². The van der Waals surface area contributed by atoms with E-state index in [1.807, 2.05) is 6.92 Å². The Morgan fingerprint density at radius 2 is 2.00 bits per heavy atom. The van der Waals surface area contributed by atoms with Crippen molar-refractivity contribution in [2.75, 3.05) is 20.1 Å². The summed E-state index contributed by atoms with van der Waals surface area (Å²) in [6.07, 6.45) is 2.83. The lowest BCUT2D eigenvalue weighted by Gasteiger charge is -2.20. The van der Waals surface area contributed by atoms with Gasteiger partial charge in [-0.2, -0.15) is 4.31 Å². The predicted molar refractivity (Wildman–Crippen MR) is 70.2 cm³/mol. The Balaban J connectivity index is 3.05. The third kappa shape index (κ3) is 4.12. The number of likely N-dealkylation sites (N-methyl/N-ethyl adjacent to an activating group) is 1. The van der Waals surface area contributed by atoms with Crippen LogP contribution >= 0.6 is 11.6 Å². The summed E-state index contributed by atoms with van der Waals surface area (Å²) in [7, 11) is -2.35. The molecule has 0 saturated carbocycles. The van der Waals surface area contributed by atoms with Crippen LogP contribution in [-0.2, 0) is 14.8 Å². The van der Waals surface area contributed by atoms with E-state index in [4.69, 9.17) is 11.6 Å². The highest BCUT2D eigenvalue weighted by atomic mass is 35.5. The van der Waals surface area contributed by atoms with Gasteiger partial charge in [-0.15, -0.1) is 0 Å². The number of aromatic nitrogens is 2. The average molecular weight is 307 g/mol. The second-order valence-electron chi connectivity index (χ2n) is 3.70. The molecule has 106 valence electrons. The Morgan fingerprint density at radius 1 is 1.42 bits per heavy atom. The van der Waals surface area contributed by atoms with Crippen molar-refractivity contribution < 1.29 is 13.2 Å². The summed E-state index contributed by atoms with van der Waals surface area (Å²) in [5.74, 6) is -0.382. The van der Waals surface area contributed by atoms with Crippen molar-refractivity contribution >= 4 is 27.5 Å². The number of carbonyl (C=O) groups is 1. The van der Waals surface area contributed by atoms with Crippen LogP contribution in [0.2, 0.25) is 5.28 Å². The van der Waals surface area contributed by atoms with E-state index in [9.17, 15) is 13.2 Å². The van der Waals surface area contributed by atoms with Crippen LogP contribution in [-0.4, -0.2) is 48.7 Å². The first kappa shape index (κ1) is 15.8. The Hall–Kier alpha value is -1.25. The molecule has 1 amide bonds. The first-order valence-corrected chi connectivity index (χ1v) is 7.42. The van der Waals surface area contributed by atoms with Crippen molar-refractivity contribution in [1.82, 2.24) is 19.6 Å². The zero-order valence-electron chi connectivity index (χ0n) is 10.6.